The smallest absolute Gasteiger partial charge is 0.410 e. The molecule has 5 aliphatic rings. The van der Waals surface area contributed by atoms with Crippen molar-refractivity contribution in [3.63, 3.8) is 0 Å². The zero-order chi connectivity index (χ0) is 103. The SMILES string of the molecule is CC(C)(C)OC(=O)N1CCN(C2=CCN3N=C(c4cncc(N)c4)SC3=C2)C(=O)C1.CC(C)(C)OC(=O)N1CCNCC1.COC(=O)CC(=O)Cl.NNC(N)=S.Nc1nnc(-c2cncc([N+](=O)[O-])c2)s1.O=C(O)c1cncc([N+](=O)[O-])c1.O=c1cc(Cl)cc2sc(-c3cncc([N+](=O)[O-])c3)nn12.[2H]C([2H])(C)C(=O)O.[2H]C([2H])(N)C(=O)Nc1cncc(-c2nn3c(=O)cc(N4CCNCC4)cc3s2)c1. The highest BCUT2D eigenvalue weighted by Crippen LogP contribution is 2.38. The number of hydrazone groups is 1. The molecule has 0 spiro atoms. The molecule has 3 saturated heterocycles. The lowest BCUT2D eigenvalue weighted by Crippen LogP contribution is -2.52. The van der Waals surface area contributed by atoms with E-state index in [9.17, 15) is 78.3 Å². The first-order valence-electron chi connectivity index (χ1n) is 40.9. The second-order valence-corrected chi connectivity index (χ2v) is 34.4. The molecule has 0 radical (unpaired) electrons. The zero-order valence-corrected chi connectivity index (χ0v) is 78.2. The number of nitrogen functional groups attached to an aromatic ring is 2. The number of halogens is 2. The molecule has 0 unspecified atom stereocenters. The molecule has 50 nitrogen and oxygen atoms in total. The van der Waals surface area contributed by atoms with Crippen LogP contribution >= 0.6 is 81.2 Å². The van der Waals surface area contributed by atoms with Gasteiger partial charge in [-0.3, -0.25) is 98.7 Å². The van der Waals surface area contributed by atoms with E-state index in [4.69, 9.17) is 71.3 Å². The van der Waals surface area contributed by atoms with Crippen LogP contribution in [-0.2, 0) is 38.2 Å². The number of hydrazine groups is 1. The number of amides is 4. The molecule has 57 heteroatoms. The first-order valence-corrected chi connectivity index (χ1v) is 43.4. The van der Waals surface area contributed by atoms with E-state index in [2.05, 4.69) is 94.1 Å². The van der Waals surface area contributed by atoms with E-state index in [1.807, 2.05) is 76.3 Å². The van der Waals surface area contributed by atoms with Crippen LogP contribution < -0.4 is 66.2 Å². The molecule has 0 bridgehead atoms. The topological polar surface area (TPSA) is 700 Å². The first kappa shape index (κ1) is 101. The highest BCUT2D eigenvalue weighted by Gasteiger charge is 2.35. The lowest BCUT2D eigenvalue weighted by molar-refractivity contribution is -0.385. The van der Waals surface area contributed by atoms with Crippen LogP contribution in [0.25, 0.3) is 41.4 Å². The first-order chi connectivity index (χ1) is 65.2. The fourth-order valence-electron chi connectivity index (χ4n) is 10.8. The van der Waals surface area contributed by atoms with Crippen LogP contribution in [0.4, 0.5) is 48.8 Å². The molecule has 10 aromatic rings. The molecule has 3 fully saturated rings. The molecule has 15 rings (SSSR count). The molecule has 718 valence electrons. The van der Waals surface area contributed by atoms with Gasteiger partial charge in [-0.15, -0.1) is 10.2 Å². The van der Waals surface area contributed by atoms with Gasteiger partial charge >= 0.3 is 30.1 Å². The van der Waals surface area contributed by atoms with Gasteiger partial charge in [0.05, 0.1) is 60.8 Å². The number of anilines is 4. The number of methoxy groups -OCH3 is 1. The summed E-state index contributed by atoms with van der Waals surface area (Å²) in [6.45, 7) is 17.6. The highest BCUT2D eigenvalue weighted by molar-refractivity contribution is 8.17. The number of thioether (sulfide) groups is 1. The van der Waals surface area contributed by atoms with Crippen LogP contribution in [0, 0.1) is 30.3 Å². The fraction of sp³-hybridized carbons (Fsp3) is 0.321. The van der Waals surface area contributed by atoms with Crippen molar-refractivity contribution in [2.75, 3.05) is 114 Å². The summed E-state index contributed by atoms with van der Waals surface area (Å²) in [7, 11) is 1.20. The van der Waals surface area contributed by atoms with Crippen LogP contribution in [0.2, 0.25) is 5.02 Å². The number of ether oxygens (including phenoxy) is 3. The van der Waals surface area contributed by atoms with Crippen molar-refractivity contribution in [2.24, 2.45) is 22.4 Å². The molecular formula is C78H91Cl2N29O21S5. The maximum absolute atomic E-state index is 12.7. The van der Waals surface area contributed by atoms with E-state index < -0.39 is 68.4 Å². The van der Waals surface area contributed by atoms with Crippen molar-refractivity contribution in [3.05, 3.63) is 207 Å². The quantitative estimate of drug-likeness (QED) is 0.00735. The van der Waals surface area contributed by atoms with Crippen LogP contribution in [0.15, 0.2) is 154 Å². The number of nitro groups is 3. The van der Waals surface area contributed by atoms with Crippen molar-refractivity contribution in [2.45, 2.75) is 72.5 Å². The molecule has 10 aromatic heterocycles. The number of carboxylic acids is 2. The van der Waals surface area contributed by atoms with Gasteiger partial charge in [0.1, 0.15) is 72.5 Å². The molecule has 4 amide bonds. The Labute approximate surface area is 803 Å². The van der Waals surface area contributed by atoms with Gasteiger partial charge in [0.25, 0.3) is 28.2 Å². The average Bonchev–Trinajstić information content (AvgIpc) is 1.66. The number of aliphatic carboxylic acids is 1. The minimum absolute atomic E-state index is 0.00297. The van der Waals surface area contributed by atoms with Gasteiger partial charge in [0.2, 0.25) is 22.2 Å². The standard InChI is InChI=1S/C20H24N6O3S.C17H19N7O2S.C11H5ClN4O3S.C9H18N2O2.C7H5N5O2S.C6H4N2O4.C4H5ClO3.C3H6O2.CH5N3S/c1-20(2,3)29-19(28)24-6-7-25(16(27)12-24)15-4-5-26-17(9-15)30-18(23-26)13-8-14(21)11-22-10-13;18-8-14(25)21-12-5-11(9-20-10-12)17-22-24-15(26)6-13(7-16(24)27-17)23-3-1-19-2-4-23;12-7-2-9(17)15-10(3-7)20-11(14-15)6-1-8(16(18)19)5-13-4-6;1-9(2,3)13-8(12)11-6-4-10-5-7-11;8-7-11-10-6(15-7)4-1-5(12(13)14)3-9-2-4;9-6(10)4-1-5(8(11)12)3-7-2-4;1-8-4(7)2-3(5)6;1-2-3(4)5;2-1(5)4-3/h4,8-11H,5-7,12,21H2,1-3H3;5-7,9-10,19H,1-4,8,18H2,(H,21,25);1-5H;10H,4-7H2,1-3H3;1-3H,(H2,8,11);1-3H,(H,9,10);2H2,1H3;2H2,1H3,(H,4,5);3H2,(H3,2,4,5)/i;8D2;;;;;;2D2;. The summed E-state index contributed by atoms with van der Waals surface area (Å²) in [6.07, 6.45) is 14.4. The Morgan fingerprint density at radius 1 is 0.652 bits per heavy atom. The number of nitrogens with zero attached hydrogens (tertiary/aromatic N) is 20. The van der Waals surface area contributed by atoms with E-state index in [-0.39, 0.29) is 75.1 Å². The molecule has 0 atom stereocenters. The van der Waals surface area contributed by atoms with Gasteiger partial charge in [0, 0.05) is 181 Å². The Bertz CT molecular complexity index is 6350. The monoisotopic (exact) mass is 2000 g/mol. The number of aromatic carboxylic acids is 1. The number of fused-ring (bicyclic) bond motifs is 3. The summed E-state index contributed by atoms with van der Waals surface area (Å²) in [5.41, 5.74) is 26.0. The predicted octanol–water partition coefficient (Wildman–Crippen LogP) is 6.79. The number of allylic oxidation sites excluding steroid dienone is 1. The van der Waals surface area contributed by atoms with E-state index in [0.29, 0.717) is 76.8 Å². The lowest BCUT2D eigenvalue weighted by Gasteiger charge is -2.36. The van der Waals surface area contributed by atoms with Crippen LogP contribution in [0.5, 0.6) is 0 Å². The maximum atomic E-state index is 12.7. The Kier molecular flexibility index (Phi) is 38.6. The Morgan fingerprint density at radius 2 is 1.16 bits per heavy atom. The van der Waals surface area contributed by atoms with Crippen molar-refractivity contribution < 1.29 is 83.0 Å². The number of aromatic nitrogens is 11. The van der Waals surface area contributed by atoms with Gasteiger partial charge < -0.3 is 83.4 Å². The second-order valence-electron chi connectivity index (χ2n) is 29.0. The van der Waals surface area contributed by atoms with E-state index in [1.165, 1.54) is 98.5 Å². The Balaban J connectivity index is 0.000000224. The minimum atomic E-state index is -2.50. The number of hydrogen-bond acceptors (Lipinski definition) is 42. The Morgan fingerprint density at radius 3 is 1.64 bits per heavy atom. The predicted molar refractivity (Wildman–Crippen MR) is 507 cm³/mol. The summed E-state index contributed by atoms with van der Waals surface area (Å²) < 4.78 is 44.7. The third-order valence-electron chi connectivity index (χ3n) is 16.8. The van der Waals surface area contributed by atoms with Crippen LogP contribution in [0.3, 0.4) is 0 Å². The molecule has 16 N–H and O–H groups in total. The van der Waals surface area contributed by atoms with Crippen molar-refractivity contribution >= 4 is 187 Å². The van der Waals surface area contributed by atoms with Crippen LogP contribution in [0.1, 0.15) is 82.7 Å². The van der Waals surface area contributed by atoms with Gasteiger partial charge in [-0.05, 0) is 114 Å². The Hall–Kier alpha value is -14.4. The molecule has 0 aromatic carbocycles. The highest BCUT2D eigenvalue weighted by atomic mass is 35.5. The van der Waals surface area contributed by atoms with E-state index >= 15 is 0 Å². The minimum Gasteiger partial charge on any atom is -0.481 e. The summed E-state index contributed by atoms with van der Waals surface area (Å²) in [6, 6.07) is 13.5. The number of carbonyl (C=O) groups excluding carboxylic acids is 6. The van der Waals surface area contributed by atoms with Crippen LogP contribution in [-0.4, -0.2) is 260 Å². The number of esters is 1. The summed E-state index contributed by atoms with van der Waals surface area (Å²) in [4.78, 5) is 170. The normalized spacial score (nSPS) is 14.2. The number of rotatable bonds is 15. The number of piperazine rings is 3. The van der Waals surface area contributed by atoms with Crippen molar-refractivity contribution in [1.82, 2.24) is 90.1 Å². The lowest BCUT2D eigenvalue weighted by atomic mass is 10.2. The van der Waals surface area contributed by atoms with Crippen molar-refractivity contribution in [1.29, 1.82) is 0 Å². The number of carboxylic acid groups (broad SMARTS) is 2. The number of nitrogens with one attached hydrogen (secondary N) is 4. The van der Waals surface area contributed by atoms with Crippen molar-refractivity contribution in [3.8, 4) is 31.7 Å². The molecule has 135 heavy (non-hydrogen) atoms. The summed E-state index contributed by atoms with van der Waals surface area (Å²) >= 11 is 20.1. The zero-order valence-electron chi connectivity index (χ0n) is 76.6. The molecule has 15 heterocycles. The average molecular weight is 2010 g/mol. The summed E-state index contributed by atoms with van der Waals surface area (Å²) in [5.74, 6) is 0.289. The van der Waals surface area contributed by atoms with Gasteiger partial charge in [-0.25, -0.2) is 20.2 Å². The third-order valence-corrected chi connectivity index (χ3v) is 21.1. The molecule has 5 aliphatic heterocycles. The van der Waals surface area contributed by atoms with Gasteiger partial charge in [-0.1, -0.05) is 52.5 Å². The number of nitrogens with two attached hydrogens (primary N) is 5. The van der Waals surface area contributed by atoms with E-state index in [1.54, 1.807) is 46.6 Å². The number of carbonyl (C=O) groups is 8. The van der Waals surface area contributed by atoms with Gasteiger partial charge in [0.15, 0.2) is 10.1 Å². The molecule has 0 aliphatic carbocycles. The largest absolute Gasteiger partial charge is 0.481 e. The third kappa shape index (κ3) is 35.2. The summed E-state index contributed by atoms with van der Waals surface area (Å²) in [5, 5.41) is 82.3. The fourth-order valence-corrected chi connectivity index (χ4v) is 14.6. The number of hydrogen-bond donors (Lipinski definition) is 11. The van der Waals surface area contributed by atoms with E-state index in [0.717, 1.165) is 122 Å². The second kappa shape index (κ2) is 51.5. The molecular weight excluding hydrogens is 1910 g/mol. The van der Waals surface area contributed by atoms with Gasteiger partial charge in [-0.2, -0.15) is 24.3 Å². The molecule has 0 saturated carbocycles. The maximum Gasteiger partial charge on any atom is 0.410 e. The number of thiocarbonyl (C=S) groups is 1. The number of pyridine rings is 7.